The molecule has 1 amide bonds. The summed E-state index contributed by atoms with van der Waals surface area (Å²) in [5, 5.41) is 13.5. The molecule has 2 N–H and O–H groups in total. The third-order valence-corrected chi connectivity index (χ3v) is 7.24. The number of carbonyl (C=O) groups excluding carboxylic acids is 1. The van der Waals surface area contributed by atoms with Gasteiger partial charge in [-0.3, -0.25) is 9.69 Å². The summed E-state index contributed by atoms with van der Waals surface area (Å²) in [5.74, 6) is 0.747. The van der Waals surface area contributed by atoms with Crippen LogP contribution in [0.1, 0.15) is 59.3 Å². The maximum Gasteiger partial charge on any atom is 0.267 e. The molecule has 0 saturated heterocycles. The number of rotatable bonds is 5. The minimum atomic E-state index is 0.00775. The summed E-state index contributed by atoms with van der Waals surface area (Å²) in [4.78, 5) is 18.4. The number of H-pyrrole nitrogens is 1. The average Bonchev–Trinajstić information content (AvgIpc) is 3.28. The van der Waals surface area contributed by atoms with E-state index in [-0.39, 0.29) is 11.9 Å². The maximum absolute atomic E-state index is 12.7. The van der Waals surface area contributed by atoms with Crippen LogP contribution in [0.4, 0.5) is 0 Å². The Hall–Kier alpha value is -3.10. The Bertz CT molecular complexity index is 1120. The summed E-state index contributed by atoms with van der Waals surface area (Å²) in [5.41, 5.74) is 5.13. The quantitative estimate of drug-likeness (QED) is 0.617. The molecule has 2 aromatic carbocycles. The molecule has 2 heterocycles. The second kappa shape index (κ2) is 9.18. The summed E-state index contributed by atoms with van der Waals surface area (Å²) < 4.78 is 0. The van der Waals surface area contributed by atoms with Gasteiger partial charge >= 0.3 is 0 Å². The van der Waals surface area contributed by atoms with Gasteiger partial charge in [-0.15, -0.1) is 0 Å². The molecule has 3 aromatic rings. The average molecular weight is 427 g/mol. The number of hydrogen-bond donors (Lipinski definition) is 2. The van der Waals surface area contributed by atoms with E-state index >= 15 is 0 Å². The van der Waals surface area contributed by atoms with E-state index in [2.05, 4.69) is 33.4 Å². The van der Waals surface area contributed by atoms with Crippen LogP contribution in [0.3, 0.4) is 0 Å². The van der Waals surface area contributed by atoms with Gasteiger partial charge in [0.15, 0.2) is 0 Å². The lowest BCUT2D eigenvalue weighted by Crippen LogP contribution is -2.38. The van der Waals surface area contributed by atoms with E-state index in [0.717, 1.165) is 61.3 Å². The van der Waals surface area contributed by atoms with Crippen molar-refractivity contribution in [1.29, 1.82) is 5.26 Å². The van der Waals surface area contributed by atoms with Crippen molar-refractivity contribution >= 4 is 16.8 Å². The van der Waals surface area contributed by atoms with E-state index in [9.17, 15) is 4.79 Å². The number of carbonyl (C=O) groups is 1. The van der Waals surface area contributed by atoms with E-state index in [1.54, 1.807) is 0 Å². The third-order valence-electron chi connectivity index (χ3n) is 7.24. The van der Waals surface area contributed by atoms with Crippen molar-refractivity contribution in [3.05, 3.63) is 70.9 Å². The SMILES string of the molecule is N#Cc1ccc2c(c1)CN(CCC1CCC(NC(=O)c3cc4ccccc4[nH]3)CC1)CC2. The fraction of sp³-hybridized carbons (Fsp3) is 0.407. The number of fused-ring (bicyclic) bond motifs is 2. The minimum Gasteiger partial charge on any atom is -0.351 e. The Balaban J connectivity index is 1.08. The second-order valence-electron chi connectivity index (χ2n) is 9.37. The minimum absolute atomic E-state index is 0.00775. The van der Waals surface area contributed by atoms with Gasteiger partial charge in [-0.1, -0.05) is 24.3 Å². The maximum atomic E-state index is 12.7. The zero-order valence-corrected chi connectivity index (χ0v) is 18.4. The Morgan fingerprint density at radius 3 is 2.75 bits per heavy atom. The normalized spacial score (nSPS) is 21.1. The smallest absolute Gasteiger partial charge is 0.267 e. The van der Waals surface area contributed by atoms with Crippen molar-refractivity contribution < 1.29 is 4.79 Å². The van der Waals surface area contributed by atoms with Crippen molar-refractivity contribution in [2.75, 3.05) is 13.1 Å². The van der Waals surface area contributed by atoms with Gasteiger partial charge in [-0.25, -0.2) is 0 Å². The van der Waals surface area contributed by atoms with E-state index in [1.807, 2.05) is 36.4 Å². The van der Waals surface area contributed by atoms with Crippen LogP contribution in [0.15, 0.2) is 48.5 Å². The number of aromatic amines is 1. The van der Waals surface area contributed by atoms with Crippen molar-refractivity contribution in [3.63, 3.8) is 0 Å². The van der Waals surface area contributed by atoms with E-state index in [0.29, 0.717) is 5.69 Å². The monoisotopic (exact) mass is 426 g/mol. The van der Waals surface area contributed by atoms with Crippen molar-refractivity contribution in [3.8, 4) is 6.07 Å². The van der Waals surface area contributed by atoms with E-state index in [1.165, 1.54) is 30.4 Å². The highest BCUT2D eigenvalue weighted by Gasteiger charge is 2.24. The summed E-state index contributed by atoms with van der Waals surface area (Å²) in [6.45, 7) is 3.18. The van der Waals surface area contributed by atoms with Crippen LogP contribution < -0.4 is 5.32 Å². The van der Waals surface area contributed by atoms with Crippen molar-refractivity contribution in [1.82, 2.24) is 15.2 Å². The largest absolute Gasteiger partial charge is 0.351 e. The number of nitrogens with zero attached hydrogens (tertiary/aromatic N) is 2. The van der Waals surface area contributed by atoms with Gasteiger partial charge in [0.05, 0.1) is 11.6 Å². The number of para-hydroxylation sites is 1. The third kappa shape index (κ3) is 4.56. The van der Waals surface area contributed by atoms with Gasteiger partial charge in [0.25, 0.3) is 5.91 Å². The van der Waals surface area contributed by atoms with E-state index < -0.39 is 0 Å². The van der Waals surface area contributed by atoms with Gasteiger partial charge in [0.1, 0.15) is 5.69 Å². The molecule has 1 aliphatic carbocycles. The van der Waals surface area contributed by atoms with Crippen molar-refractivity contribution in [2.45, 2.75) is 51.1 Å². The molecule has 0 bridgehead atoms. The fourth-order valence-electron chi connectivity index (χ4n) is 5.30. The highest BCUT2D eigenvalue weighted by Crippen LogP contribution is 2.28. The first kappa shape index (κ1) is 20.8. The highest BCUT2D eigenvalue weighted by molar-refractivity contribution is 5.98. The number of aromatic nitrogens is 1. The van der Waals surface area contributed by atoms with E-state index in [4.69, 9.17) is 5.26 Å². The number of hydrogen-bond acceptors (Lipinski definition) is 3. The number of nitrogens with one attached hydrogen (secondary N) is 2. The lowest BCUT2D eigenvalue weighted by Gasteiger charge is -2.33. The standard InChI is InChI=1S/C27H30N4O/c28-17-20-5-8-21-12-14-31(18-23(21)15-20)13-11-19-6-9-24(10-7-19)29-27(32)26-16-22-3-1-2-4-25(22)30-26/h1-5,8,15-16,19,24,30H,6-7,9-14,18H2,(H,29,32). The topological polar surface area (TPSA) is 71.9 Å². The van der Waals surface area contributed by atoms with Crippen LogP contribution in [0.5, 0.6) is 0 Å². The first-order valence-corrected chi connectivity index (χ1v) is 11.8. The summed E-state index contributed by atoms with van der Waals surface area (Å²) in [6, 6.07) is 18.6. The molecular weight excluding hydrogens is 396 g/mol. The van der Waals surface area contributed by atoms with Crippen LogP contribution in [0, 0.1) is 17.2 Å². The summed E-state index contributed by atoms with van der Waals surface area (Å²) >= 11 is 0. The van der Waals surface area contributed by atoms with Crippen molar-refractivity contribution in [2.24, 2.45) is 5.92 Å². The molecule has 1 aromatic heterocycles. The predicted octanol–water partition coefficient (Wildman–Crippen LogP) is 4.78. The Morgan fingerprint density at radius 1 is 1.09 bits per heavy atom. The van der Waals surface area contributed by atoms with Gasteiger partial charge in [0, 0.05) is 30.0 Å². The molecule has 5 heteroatoms. The molecule has 0 unspecified atom stereocenters. The summed E-state index contributed by atoms with van der Waals surface area (Å²) in [7, 11) is 0. The summed E-state index contributed by atoms with van der Waals surface area (Å²) in [6.07, 6.45) is 6.78. The van der Waals surface area contributed by atoms with Gasteiger partial charge < -0.3 is 10.3 Å². The van der Waals surface area contributed by atoms with Crippen LogP contribution in [-0.2, 0) is 13.0 Å². The Morgan fingerprint density at radius 2 is 1.94 bits per heavy atom. The van der Waals surface area contributed by atoms with Gasteiger partial charge in [-0.05, 0) is 86.4 Å². The predicted molar refractivity (Wildman–Crippen MR) is 126 cm³/mol. The molecule has 32 heavy (non-hydrogen) atoms. The lowest BCUT2D eigenvalue weighted by molar-refractivity contribution is 0.0915. The first-order chi connectivity index (χ1) is 15.7. The number of amides is 1. The molecule has 0 radical (unpaired) electrons. The van der Waals surface area contributed by atoms with Crippen LogP contribution in [0.2, 0.25) is 0 Å². The van der Waals surface area contributed by atoms with Crippen LogP contribution >= 0.6 is 0 Å². The number of benzene rings is 2. The van der Waals surface area contributed by atoms with Gasteiger partial charge in [-0.2, -0.15) is 5.26 Å². The fourth-order valence-corrected chi connectivity index (χ4v) is 5.30. The number of nitriles is 1. The molecular formula is C27H30N4O. The molecule has 164 valence electrons. The zero-order valence-electron chi connectivity index (χ0n) is 18.4. The molecule has 1 fully saturated rings. The molecule has 5 rings (SSSR count). The highest BCUT2D eigenvalue weighted by atomic mass is 16.1. The Kier molecular flexibility index (Phi) is 5.96. The molecule has 0 atom stereocenters. The lowest BCUT2D eigenvalue weighted by atomic mass is 9.84. The van der Waals surface area contributed by atoms with Crippen LogP contribution in [-0.4, -0.2) is 34.9 Å². The first-order valence-electron chi connectivity index (χ1n) is 11.8. The Labute approximate surface area is 189 Å². The van der Waals surface area contributed by atoms with Crippen LogP contribution in [0.25, 0.3) is 10.9 Å². The zero-order chi connectivity index (χ0) is 21.9. The molecule has 1 aliphatic heterocycles. The molecule has 0 spiro atoms. The molecule has 5 nitrogen and oxygen atoms in total. The second-order valence-corrected chi connectivity index (χ2v) is 9.37. The van der Waals surface area contributed by atoms with Gasteiger partial charge in [0.2, 0.25) is 0 Å². The molecule has 2 aliphatic rings. The molecule has 1 saturated carbocycles.